The largest absolute Gasteiger partial charge is 0.342 e. The Morgan fingerprint density at radius 1 is 1.29 bits per heavy atom. The van der Waals surface area contributed by atoms with Crippen molar-refractivity contribution in [3.8, 4) is 0 Å². The van der Waals surface area contributed by atoms with Crippen LogP contribution < -0.4 is 5.32 Å². The monoisotopic (exact) mass is 294 g/mol. The normalized spacial score (nSPS) is 28.7. The Balaban J connectivity index is 1.87. The Kier molecular flexibility index (Phi) is 5.34. The third-order valence-corrected chi connectivity index (χ3v) is 5.06. The number of carbonyl (C=O) groups excluding carboxylic acids is 1. The molecule has 21 heavy (non-hydrogen) atoms. The summed E-state index contributed by atoms with van der Waals surface area (Å²) < 4.78 is 0. The lowest BCUT2D eigenvalue weighted by Gasteiger charge is -2.45. The number of likely N-dealkylation sites (tertiary alicyclic amines) is 1. The molecule has 3 heteroatoms. The molecule has 2 rings (SSSR count). The maximum absolute atomic E-state index is 12.6. The number of nitrogens with zero attached hydrogens (tertiary/aromatic N) is 1. The molecule has 2 heterocycles. The number of hydrogen-bond donors (Lipinski definition) is 1. The fraction of sp³-hybridized carbons (Fsp3) is 0.944. The molecule has 2 atom stereocenters. The van der Waals surface area contributed by atoms with E-state index in [2.05, 4.69) is 37.9 Å². The first-order valence-corrected chi connectivity index (χ1v) is 8.78. The summed E-state index contributed by atoms with van der Waals surface area (Å²) in [6.45, 7) is 13.2. The number of rotatable bonds is 3. The molecule has 1 N–H and O–H groups in total. The van der Waals surface area contributed by atoms with E-state index in [0.717, 1.165) is 39.0 Å². The smallest absolute Gasteiger partial charge is 0.222 e. The van der Waals surface area contributed by atoms with E-state index >= 15 is 0 Å². The Hall–Kier alpha value is -0.570. The third kappa shape index (κ3) is 4.98. The van der Waals surface area contributed by atoms with Crippen LogP contribution in [0.5, 0.6) is 0 Å². The fourth-order valence-electron chi connectivity index (χ4n) is 4.34. The van der Waals surface area contributed by atoms with Crippen LogP contribution in [-0.2, 0) is 4.79 Å². The Bertz CT molecular complexity index is 347. The SMILES string of the molecule is CC(CC(=O)N1CCCC2(CCCNC2)C1)CC(C)(C)C. The molecule has 0 bridgehead atoms. The van der Waals surface area contributed by atoms with Gasteiger partial charge in [-0.2, -0.15) is 0 Å². The molecular formula is C18H34N2O. The minimum absolute atomic E-state index is 0.316. The van der Waals surface area contributed by atoms with E-state index < -0.39 is 0 Å². The standard InChI is InChI=1S/C18H34N2O/c1-15(12-17(2,3)4)11-16(21)20-10-6-8-18(14-20)7-5-9-19-13-18/h15,19H,5-14H2,1-4H3. The summed E-state index contributed by atoms with van der Waals surface area (Å²) in [6, 6.07) is 0. The molecule has 2 aliphatic heterocycles. The highest BCUT2D eigenvalue weighted by Gasteiger charge is 2.38. The number of carbonyl (C=O) groups is 1. The second kappa shape index (κ2) is 6.68. The van der Waals surface area contributed by atoms with Gasteiger partial charge >= 0.3 is 0 Å². The van der Waals surface area contributed by atoms with Gasteiger partial charge in [0.05, 0.1) is 0 Å². The topological polar surface area (TPSA) is 32.3 Å². The van der Waals surface area contributed by atoms with Crippen molar-refractivity contribution in [3.05, 3.63) is 0 Å². The van der Waals surface area contributed by atoms with Crippen LogP contribution in [0.1, 0.15) is 66.2 Å². The minimum atomic E-state index is 0.316. The van der Waals surface area contributed by atoms with E-state index in [0.29, 0.717) is 22.7 Å². The molecule has 2 saturated heterocycles. The molecule has 2 aliphatic rings. The Labute approximate surface area is 130 Å². The second-order valence-electron chi connectivity index (χ2n) is 8.77. The van der Waals surface area contributed by atoms with Crippen LogP contribution in [-0.4, -0.2) is 37.0 Å². The highest BCUT2D eigenvalue weighted by molar-refractivity contribution is 5.76. The van der Waals surface area contributed by atoms with Crippen molar-refractivity contribution in [2.24, 2.45) is 16.7 Å². The van der Waals surface area contributed by atoms with Crippen LogP contribution in [0.25, 0.3) is 0 Å². The Morgan fingerprint density at radius 2 is 2.00 bits per heavy atom. The quantitative estimate of drug-likeness (QED) is 0.865. The molecule has 0 aromatic carbocycles. The number of piperidine rings is 2. The van der Waals surface area contributed by atoms with Crippen LogP contribution >= 0.6 is 0 Å². The van der Waals surface area contributed by atoms with E-state index in [4.69, 9.17) is 0 Å². The highest BCUT2D eigenvalue weighted by atomic mass is 16.2. The molecule has 0 aliphatic carbocycles. The summed E-state index contributed by atoms with van der Waals surface area (Å²) in [4.78, 5) is 14.8. The molecular weight excluding hydrogens is 260 g/mol. The van der Waals surface area contributed by atoms with Gasteiger partial charge in [0.15, 0.2) is 0 Å². The molecule has 122 valence electrons. The molecule has 1 spiro atoms. The minimum Gasteiger partial charge on any atom is -0.342 e. The summed E-state index contributed by atoms with van der Waals surface area (Å²) in [6.07, 6.45) is 6.88. The number of nitrogens with one attached hydrogen (secondary N) is 1. The van der Waals surface area contributed by atoms with Crippen LogP contribution in [0.3, 0.4) is 0 Å². The van der Waals surface area contributed by atoms with E-state index in [9.17, 15) is 4.79 Å². The number of amides is 1. The van der Waals surface area contributed by atoms with Crippen molar-refractivity contribution in [2.75, 3.05) is 26.2 Å². The molecule has 0 aromatic rings. The van der Waals surface area contributed by atoms with Gasteiger partial charge in [-0.3, -0.25) is 4.79 Å². The van der Waals surface area contributed by atoms with Gasteiger partial charge in [-0.25, -0.2) is 0 Å². The summed E-state index contributed by atoms with van der Waals surface area (Å²) in [5.41, 5.74) is 0.690. The summed E-state index contributed by atoms with van der Waals surface area (Å²) in [5, 5.41) is 3.54. The van der Waals surface area contributed by atoms with Gasteiger partial charge in [0, 0.05) is 31.5 Å². The Morgan fingerprint density at radius 3 is 2.62 bits per heavy atom. The number of hydrogen-bond acceptors (Lipinski definition) is 2. The van der Waals surface area contributed by atoms with E-state index in [1.807, 2.05) is 0 Å². The first-order chi connectivity index (χ1) is 9.80. The van der Waals surface area contributed by atoms with Crippen molar-refractivity contribution in [3.63, 3.8) is 0 Å². The van der Waals surface area contributed by atoms with Crippen LogP contribution in [0.15, 0.2) is 0 Å². The lowest BCUT2D eigenvalue weighted by molar-refractivity contribution is -0.136. The highest BCUT2D eigenvalue weighted by Crippen LogP contribution is 2.36. The predicted molar refractivity (Wildman–Crippen MR) is 88.2 cm³/mol. The summed E-state index contributed by atoms with van der Waals surface area (Å²) in [5.74, 6) is 0.872. The third-order valence-electron chi connectivity index (χ3n) is 5.06. The molecule has 0 radical (unpaired) electrons. The van der Waals surface area contributed by atoms with Crippen molar-refractivity contribution in [1.82, 2.24) is 10.2 Å². The van der Waals surface area contributed by atoms with E-state index in [1.165, 1.54) is 25.7 Å². The molecule has 2 fully saturated rings. The van der Waals surface area contributed by atoms with Gasteiger partial charge in [0.2, 0.25) is 5.91 Å². The maximum atomic E-state index is 12.6. The van der Waals surface area contributed by atoms with Crippen molar-refractivity contribution in [2.45, 2.75) is 66.2 Å². The maximum Gasteiger partial charge on any atom is 0.222 e. The zero-order valence-corrected chi connectivity index (χ0v) is 14.5. The molecule has 0 saturated carbocycles. The average molecular weight is 294 g/mol. The van der Waals surface area contributed by atoms with E-state index in [-0.39, 0.29) is 0 Å². The molecule has 2 unspecified atom stereocenters. The van der Waals surface area contributed by atoms with Crippen LogP contribution in [0.4, 0.5) is 0 Å². The van der Waals surface area contributed by atoms with Crippen LogP contribution in [0, 0.1) is 16.7 Å². The molecule has 3 nitrogen and oxygen atoms in total. The summed E-state index contributed by atoms with van der Waals surface area (Å²) in [7, 11) is 0. The lowest BCUT2D eigenvalue weighted by Crippen LogP contribution is -2.52. The van der Waals surface area contributed by atoms with Gasteiger partial charge in [-0.1, -0.05) is 27.7 Å². The molecule has 1 amide bonds. The average Bonchev–Trinajstić information content (AvgIpc) is 2.37. The molecule has 0 aromatic heterocycles. The van der Waals surface area contributed by atoms with E-state index in [1.54, 1.807) is 0 Å². The van der Waals surface area contributed by atoms with Crippen molar-refractivity contribution < 1.29 is 4.79 Å². The van der Waals surface area contributed by atoms with Gasteiger partial charge in [-0.15, -0.1) is 0 Å². The van der Waals surface area contributed by atoms with Gasteiger partial charge in [0.25, 0.3) is 0 Å². The van der Waals surface area contributed by atoms with Gasteiger partial charge in [0.1, 0.15) is 0 Å². The zero-order valence-electron chi connectivity index (χ0n) is 14.5. The van der Waals surface area contributed by atoms with Crippen LogP contribution in [0.2, 0.25) is 0 Å². The first-order valence-electron chi connectivity index (χ1n) is 8.78. The van der Waals surface area contributed by atoms with Gasteiger partial charge < -0.3 is 10.2 Å². The van der Waals surface area contributed by atoms with Gasteiger partial charge in [-0.05, 0) is 50.0 Å². The van der Waals surface area contributed by atoms with Crippen molar-refractivity contribution in [1.29, 1.82) is 0 Å². The predicted octanol–water partition coefficient (Wildman–Crippen LogP) is 3.44. The first kappa shape index (κ1) is 16.8. The zero-order chi connectivity index (χ0) is 15.5. The second-order valence-corrected chi connectivity index (χ2v) is 8.77. The fourth-order valence-corrected chi connectivity index (χ4v) is 4.34. The lowest BCUT2D eigenvalue weighted by atomic mass is 9.74. The van der Waals surface area contributed by atoms with Crippen molar-refractivity contribution >= 4 is 5.91 Å². The summed E-state index contributed by atoms with van der Waals surface area (Å²) >= 11 is 0.